The Labute approximate surface area is 234 Å². The van der Waals surface area contributed by atoms with E-state index >= 15 is 0 Å². The third-order valence-corrected chi connectivity index (χ3v) is 6.06. The standard InChI is InChI=1S/C26H22N2O6S.Na/c1-32-18-8-5-16(6-9-18)25(29)19(12-15-4-11-22(33-2)23(13-15)34-3)24(26(30)31)17-7-10-20-21(14-17)28-35-27-20;/h4-11,13-14H,12H2,1-3H3,(H,30,31);/q;+1/p-1. The van der Waals surface area contributed by atoms with Crippen LogP contribution in [-0.4, -0.2) is 41.8 Å². The van der Waals surface area contributed by atoms with E-state index in [9.17, 15) is 14.7 Å². The van der Waals surface area contributed by atoms with Crippen LogP contribution >= 0.6 is 11.7 Å². The number of ether oxygens (including phenoxy) is 3. The average molecular weight is 513 g/mol. The van der Waals surface area contributed by atoms with Gasteiger partial charge in [0.05, 0.1) is 39.0 Å². The molecule has 8 nitrogen and oxygen atoms in total. The van der Waals surface area contributed by atoms with Gasteiger partial charge in [0, 0.05) is 23.1 Å². The molecular weight excluding hydrogens is 491 g/mol. The van der Waals surface area contributed by atoms with Crippen molar-refractivity contribution in [3.05, 3.63) is 82.9 Å². The minimum absolute atomic E-state index is 0. The molecule has 0 amide bonds. The van der Waals surface area contributed by atoms with Gasteiger partial charge in [-0.2, -0.15) is 8.75 Å². The Bertz CT molecular complexity index is 1430. The number of benzene rings is 3. The number of carbonyl (C=O) groups excluding carboxylic acids is 2. The molecule has 1 heterocycles. The van der Waals surface area contributed by atoms with Crippen LogP contribution < -0.4 is 48.9 Å². The van der Waals surface area contributed by atoms with Crippen LogP contribution in [0.5, 0.6) is 17.2 Å². The van der Waals surface area contributed by atoms with E-state index in [2.05, 4.69) is 8.75 Å². The summed E-state index contributed by atoms with van der Waals surface area (Å²) in [6.07, 6.45) is 0.0158. The summed E-state index contributed by atoms with van der Waals surface area (Å²) in [7, 11) is 4.55. The van der Waals surface area contributed by atoms with Crippen molar-refractivity contribution in [2.75, 3.05) is 21.3 Å². The number of nitrogens with zero attached hydrogens (tertiary/aromatic N) is 2. The Kier molecular flexibility index (Phi) is 9.22. The topological polar surface area (TPSA) is 111 Å². The number of aliphatic carboxylic acids is 1. The van der Waals surface area contributed by atoms with Gasteiger partial charge < -0.3 is 24.1 Å². The van der Waals surface area contributed by atoms with Gasteiger partial charge in [-0.15, -0.1) is 0 Å². The fourth-order valence-electron chi connectivity index (χ4n) is 3.75. The summed E-state index contributed by atoms with van der Waals surface area (Å²) in [5, 5.41) is 12.4. The van der Waals surface area contributed by atoms with E-state index in [-0.39, 0.29) is 47.1 Å². The van der Waals surface area contributed by atoms with Crippen molar-refractivity contribution in [2.45, 2.75) is 6.42 Å². The van der Waals surface area contributed by atoms with Crippen molar-refractivity contribution in [1.29, 1.82) is 0 Å². The molecule has 0 spiro atoms. The maximum absolute atomic E-state index is 13.7. The fourth-order valence-corrected chi connectivity index (χ4v) is 4.26. The number of methoxy groups -OCH3 is 3. The van der Waals surface area contributed by atoms with Crippen molar-refractivity contribution >= 4 is 40.1 Å². The van der Waals surface area contributed by atoms with Crippen LogP contribution in [0.3, 0.4) is 0 Å². The van der Waals surface area contributed by atoms with E-state index in [0.29, 0.717) is 45.0 Å². The van der Waals surface area contributed by atoms with Crippen molar-refractivity contribution in [3.8, 4) is 17.2 Å². The first-order valence-electron chi connectivity index (χ1n) is 10.5. The Morgan fingerprint density at radius 1 is 0.806 bits per heavy atom. The zero-order valence-corrected chi connectivity index (χ0v) is 23.0. The molecule has 0 fully saturated rings. The molecule has 0 saturated heterocycles. The van der Waals surface area contributed by atoms with Crippen LogP contribution in [-0.2, 0) is 11.2 Å². The molecule has 10 heteroatoms. The largest absolute Gasteiger partial charge is 1.00 e. The van der Waals surface area contributed by atoms with Gasteiger partial charge in [-0.1, -0.05) is 12.1 Å². The maximum atomic E-state index is 13.7. The molecule has 0 saturated carbocycles. The summed E-state index contributed by atoms with van der Waals surface area (Å²) < 4.78 is 24.2. The van der Waals surface area contributed by atoms with E-state index in [1.54, 1.807) is 60.7 Å². The molecule has 0 aliphatic carbocycles. The number of Topliss-reactive ketones (excluding diaryl/α,β-unsaturated/α-hetero) is 1. The smallest absolute Gasteiger partial charge is 0.545 e. The van der Waals surface area contributed by atoms with Gasteiger partial charge in [0.15, 0.2) is 17.3 Å². The van der Waals surface area contributed by atoms with Gasteiger partial charge in [0.1, 0.15) is 16.8 Å². The number of fused-ring (bicyclic) bond motifs is 1. The normalized spacial score (nSPS) is 11.3. The molecule has 1 aromatic heterocycles. The van der Waals surface area contributed by atoms with Crippen molar-refractivity contribution in [1.82, 2.24) is 8.75 Å². The zero-order chi connectivity index (χ0) is 24.9. The second-order valence-electron chi connectivity index (χ2n) is 7.53. The van der Waals surface area contributed by atoms with E-state index < -0.39 is 11.8 Å². The summed E-state index contributed by atoms with van der Waals surface area (Å²) in [5.41, 5.74) is 2.31. The summed E-state index contributed by atoms with van der Waals surface area (Å²) in [5.74, 6) is -0.354. The first-order valence-corrected chi connectivity index (χ1v) is 11.2. The minimum atomic E-state index is -1.47. The molecule has 36 heavy (non-hydrogen) atoms. The fraction of sp³-hybridized carbons (Fsp3) is 0.154. The third kappa shape index (κ3) is 5.76. The average Bonchev–Trinajstić information content (AvgIpc) is 3.35. The van der Waals surface area contributed by atoms with Gasteiger partial charge in [0.2, 0.25) is 0 Å². The first-order chi connectivity index (χ1) is 16.9. The van der Waals surface area contributed by atoms with E-state index in [1.807, 2.05) is 0 Å². The minimum Gasteiger partial charge on any atom is -0.545 e. The number of rotatable bonds is 9. The predicted molar refractivity (Wildman–Crippen MR) is 130 cm³/mol. The molecule has 0 aliphatic heterocycles. The molecule has 0 bridgehead atoms. The summed E-state index contributed by atoms with van der Waals surface area (Å²) in [6.45, 7) is 0. The van der Waals surface area contributed by atoms with Crippen molar-refractivity contribution in [3.63, 3.8) is 0 Å². The molecule has 3 aromatic carbocycles. The second-order valence-corrected chi connectivity index (χ2v) is 8.06. The summed E-state index contributed by atoms with van der Waals surface area (Å²) >= 11 is 1.02. The summed E-state index contributed by atoms with van der Waals surface area (Å²) in [4.78, 5) is 26.1. The number of aromatic nitrogens is 2. The number of hydrogen-bond donors (Lipinski definition) is 0. The number of ketones is 1. The molecule has 0 N–H and O–H groups in total. The molecular formula is C26H21N2NaO6S. The molecule has 0 radical (unpaired) electrons. The van der Waals surface area contributed by atoms with Gasteiger partial charge >= 0.3 is 29.6 Å². The van der Waals surface area contributed by atoms with Crippen LogP contribution in [0.25, 0.3) is 16.6 Å². The Morgan fingerprint density at radius 2 is 1.47 bits per heavy atom. The van der Waals surface area contributed by atoms with Gasteiger partial charge in [0.25, 0.3) is 0 Å². The van der Waals surface area contributed by atoms with Crippen LogP contribution in [0, 0.1) is 0 Å². The quantitative estimate of drug-likeness (QED) is 0.180. The number of carbonyl (C=O) groups is 2. The molecule has 0 atom stereocenters. The van der Waals surface area contributed by atoms with Gasteiger partial charge in [-0.25, -0.2) is 0 Å². The molecule has 4 rings (SSSR count). The third-order valence-electron chi connectivity index (χ3n) is 5.50. The van der Waals surface area contributed by atoms with Gasteiger partial charge in [-0.3, -0.25) is 4.79 Å². The second kappa shape index (κ2) is 12.1. The van der Waals surface area contributed by atoms with Crippen LogP contribution in [0.15, 0.2) is 66.2 Å². The van der Waals surface area contributed by atoms with Crippen molar-refractivity contribution in [2.24, 2.45) is 0 Å². The zero-order valence-electron chi connectivity index (χ0n) is 20.2. The Morgan fingerprint density at radius 3 is 2.11 bits per heavy atom. The van der Waals surface area contributed by atoms with E-state index in [4.69, 9.17) is 14.2 Å². The number of hydrogen-bond acceptors (Lipinski definition) is 9. The maximum Gasteiger partial charge on any atom is 1.00 e. The number of carboxylic acid groups (broad SMARTS) is 1. The number of carboxylic acids is 1. The van der Waals surface area contributed by atoms with E-state index in [1.165, 1.54) is 21.3 Å². The van der Waals surface area contributed by atoms with Crippen LogP contribution in [0.2, 0.25) is 0 Å². The molecule has 178 valence electrons. The first kappa shape index (κ1) is 27.3. The van der Waals surface area contributed by atoms with Crippen molar-refractivity contribution < 1.29 is 58.5 Å². The molecule has 4 aromatic rings. The SMILES string of the molecule is COc1ccc(C(=O)C(Cc2ccc(OC)c(OC)c2)=C(C(=O)[O-])c2ccc3nsnc3c2)cc1.[Na+]. The molecule has 0 unspecified atom stereocenters. The van der Waals surface area contributed by atoms with Crippen LogP contribution in [0.1, 0.15) is 21.5 Å². The van der Waals surface area contributed by atoms with E-state index in [0.717, 1.165) is 11.7 Å². The van der Waals surface area contributed by atoms with Crippen LogP contribution in [0.4, 0.5) is 0 Å². The number of allylic oxidation sites excluding steroid dienone is 1. The molecule has 0 aliphatic rings. The Hall–Kier alpha value is -3.24. The monoisotopic (exact) mass is 512 g/mol. The van der Waals surface area contributed by atoms with Gasteiger partial charge in [-0.05, 0) is 59.7 Å². The summed E-state index contributed by atoms with van der Waals surface area (Å²) in [6, 6.07) is 16.5. The predicted octanol–water partition coefficient (Wildman–Crippen LogP) is 0.350. The Balaban J connectivity index is 0.00000361.